The highest BCUT2D eigenvalue weighted by molar-refractivity contribution is 9.10. The number of hydrogen-bond donors (Lipinski definition) is 1. The van der Waals surface area contributed by atoms with E-state index in [9.17, 15) is 18.0 Å². The van der Waals surface area contributed by atoms with Crippen LogP contribution in [0.15, 0.2) is 82.2 Å². The van der Waals surface area contributed by atoms with Crippen molar-refractivity contribution in [3.63, 3.8) is 0 Å². The van der Waals surface area contributed by atoms with Crippen LogP contribution in [0.25, 0.3) is 0 Å². The number of ether oxygens (including phenoxy) is 1. The number of carbonyl (C=O) groups excluding carboxylic acids is 2. The molecule has 0 aromatic heterocycles. The van der Waals surface area contributed by atoms with Crippen LogP contribution in [0.5, 0.6) is 5.75 Å². The van der Waals surface area contributed by atoms with Crippen molar-refractivity contribution in [2.45, 2.75) is 31.3 Å². The monoisotopic (exact) mass is 587 g/mol. The second kappa shape index (κ2) is 12.2. The van der Waals surface area contributed by atoms with E-state index >= 15 is 0 Å². The van der Waals surface area contributed by atoms with Crippen molar-refractivity contribution in [1.29, 1.82) is 0 Å². The molecule has 3 aromatic rings. The molecule has 0 saturated heterocycles. The number of aryl methyl sites for hydroxylation is 1. The third-order valence-electron chi connectivity index (χ3n) is 5.88. The number of likely N-dealkylation sites (N-methyl/N-ethyl adjacent to an activating group) is 1. The molecule has 196 valence electrons. The molecule has 0 fully saturated rings. The maximum absolute atomic E-state index is 13.8. The second-order valence-electron chi connectivity index (χ2n) is 8.47. The molecule has 0 unspecified atom stereocenters. The molecule has 0 saturated carbocycles. The summed E-state index contributed by atoms with van der Waals surface area (Å²) in [6, 6.07) is 19.4. The molecule has 2 amide bonds. The fraction of sp³-hybridized carbons (Fsp3) is 0.259. The number of amides is 2. The van der Waals surface area contributed by atoms with Crippen molar-refractivity contribution in [2.75, 3.05) is 25.0 Å². The van der Waals surface area contributed by atoms with E-state index in [1.54, 1.807) is 43.3 Å². The zero-order chi connectivity index (χ0) is 27.2. The molecule has 0 radical (unpaired) electrons. The largest absolute Gasteiger partial charge is 0.497 e. The molecule has 1 N–H and O–H groups in total. The van der Waals surface area contributed by atoms with Crippen LogP contribution in [0, 0.1) is 6.92 Å². The first-order valence-corrected chi connectivity index (χ1v) is 13.8. The standard InChI is InChI=1S/C27H30BrN3O5S/c1-19-11-13-25(14-12-19)37(34,35)31(23-9-6-10-24(16-23)36-4)18-26(32)30(20(2)27(33)29-3)17-21-7-5-8-22(28)15-21/h5-16,20H,17-18H2,1-4H3,(H,29,33)/t20-/m0/s1. The average molecular weight is 589 g/mol. The van der Waals surface area contributed by atoms with Crippen LogP contribution in [0.2, 0.25) is 0 Å². The molecule has 0 bridgehead atoms. The van der Waals surface area contributed by atoms with Crippen molar-refractivity contribution in [3.05, 3.63) is 88.4 Å². The number of benzene rings is 3. The maximum atomic E-state index is 13.8. The molecule has 0 aliphatic carbocycles. The van der Waals surface area contributed by atoms with Gasteiger partial charge in [-0.15, -0.1) is 0 Å². The van der Waals surface area contributed by atoms with Gasteiger partial charge in [0.05, 0.1) is 17.7 Å². The van der Waals surface area contributed by atoms with Crippen molar-refractivity contribution in [3.8, 4) is 5.75 Å². The normalized spacial score (nSPS) is 11.9. The Labute approximate surface area is 226 Å². The summed E-state index contributed by atoms with van der Waals surface area (Å²) in [6.07, 6.45) is 0. The van der Waals surface area contributed by atoms with Crippen LogP contribution in [-0.2, 0) is 26.2 Å². The summed E-state index contributed by atoms with van der Waals surface area (Å²) in [5, 5.41) is 2.57. The maximum Gasteiger partial charge on any atom is 0.264 e. The van der Waals surface area contributed by atoms with Crippen LogP contribution in [0.3, 0.4) is 0 Å². The van der Waals surface area contributed by atoms with E-state index in [4.69, 9.17) is 4.74 Å². The van der Waals surface area contributed by atoms with Gasteiger partial charge in [-0.25, -0.2) is 8.42 Å². The minimum Gasteiger partial charge on any atom is -0.497 e. The highest BCUT2D eigenvalue weighted by Crippen LogP contribution is 2.28. The average Bonchev–Trinajstić information content (AvgIpc) is 2.89. The smallest absolute Gasteiger partial charge is 0.264 e. The molecule has 10 heteroatoms. The predicted molar refractivity (Wildman–Crippen MR) is 147 cm³/mol. The van der Waals surface area contributed by atoms with Gasteiger partial charge in [-0.05, 0) is 55.8 Å². The topological polar surface area (TPSA) is 96.0 Å². The van der Waals surface area contributed by atoms with Crippen LogP contribution < -0.4 is 14.4 Å². The lowest BCUT2D eigenvalue weighted by molar-refractivity contribution is -0.139. The van der Waals surface area contributed by atoms with Crippen LogP contribution in [-0.4, -0.2) is 51.9 Å². The molecule has 3 rings (SSSR count). The predicted octanol–water partition coefficient (Wildman–Crippen LogP) is 4.12. The molecule has 0 aliphatic rings. The van der Waals surface area contributed by atoms with E-state index in [1.807, 2.05) is 31.2 Å². The molecule has 8 nitrogen and oxygen atoms in total. The van der Waals surface area contributed by atoms with Gasteiger partial charge >= 0.3 is 0 Å². The SMILES string of the molecule is CNC(=O)[C@H](C)N(Cc1cccc(Br)c1)C(=O)CN(c1cccc(OC)c1)S(=O)(=O)c1ccc(C)cc1. The number of nitrogens with zero attached hydrogens (tertiary/aromatic N) is 2. The van der Waals surface area contributed by atoms with E-state index in [0.717, 1.165) is 19.9 Å². The summed E-state index contributed by atoms with van der Waals surface area (Å²) in [5.74, 6) is -0.453. The number of hydrogen-bond acceptors (Lipinski definition) is 5. The minimum absolute atomic E-state index is 0.0478. The van der Waals surface area contributed by atoms with Crippen molar-refractivity contribution in [2.24, 2.45) is 0 Å². The Morgan fingerprint density at radius 1 is 1.03 bits per heavy atom. The highest BCUT2D eigenvalue weighted by atomic mass is 79.9. The van der Waals surface area contributed by atoms with E-state index in [1.165, 1.54) is 31.2 Å². The van der Waals surface area contributed by atoms with Crippen molar-refractivity contribution >= 4 is 43.5 Å². The highest BCUT2D eigenvalue weighted by Gasteiger charge is 2.32. The van der Waals surface area contributed by atoms with Gasteiger partial charge in [0, 0.05) is 24.1 Å². The molecule has 0 heterocycles. The first-order valence-electron chi connectivity index (χ1n) is 11.6. The number of halogens is 1. The Morgan fingerprint density at radius 2 is 1.70 bits per heavy atom. The first kappa shape index (κ1) is 28.2. The van der Waals surface area contributed by atoms with Crippen LogP contribution >= 0.6 is 15.9 Å². The summed E-state index contributed by atoms with van der Waals surface area (Å²) in [4.78, 5) is 27.7. The molecule has 0 spiro atoms. The lowest BCUT2D eigenvalue weighted by Gasteiger charge is -2.32. The number of carbonyl (C=O) groups is 2. The number of nitrogens with one attached hydrogen (secondary N) is 1. The Hall–Kier alpha value is -3.37. The quantitative estimate of drug-likeness (QED) is 0.385. The fourth-order valence-corrected chi connectivity index (χ4v) is 5.61. The minimum atomic E-state index is -4.13. The fourth-order valence-electron chi connectivity index (χ4n) is 3.76. The number of sulfonamides is 1. The zero-order valence-electron chi connectivity index (χ0n) is 21.1. The summed E-state index contributed by atoms with van der Waals surface area (Å²) >= 11 is 3.43. The van der Waals surface area contributed by atoms with Gasteiger partial charge in [0.1, 0.15) is 18.3 Å². The second-order valence-corrected chi connectivity index (χ2v) is 11.2. The molecular weight excluding hydrogens is 558 g/mol. The molecular formula is C27H30BrN3O5S. The van der Waals surface area contributed by atoms with Gasteiger partial charge < -0.3 is 15.0 Å². The zero-order valence-corrected chi connectivity index (χ0v) is 23.5. The summed E-state index contributed by atoms with van der Waals surface area (Å²) in [5.41, 5.74) is 1.96. The van der Waals surface area contributed by atoms with Gasteiger partial charge in [-0.3, -0.25) is 13.9 Å². The van der Waals surface area contributed by atoms with Crippen molar-refractivity contribution < 1.29 is 22.7 Å². The molecule has 1 atom stereocenters. The van der Waals surface area contributed by atoms with Crippen molar-refractivity contribution in [1.82, 2.24) is 10.2 Å². The Balaban J connectivity index is 2.05. The third kappa shape index (κ3) is 6.90. The number of rotatable bonds is 10. The third-order valence-corrected chi connectivity index (χ3v) is 8.17. The summed E-state index contributed by atoms with van der Waals surface area (Å²) < 4.78 is 34.8. The molecule has 37 heavy (non-hydrogen) atoms. The van der Waals surface area contributed by atoms with Crippen LogP contribution in [0.4, 0.5) is 5.69 Å². The number of methoxy groups -OCH3 is 1. The van der Waals surface area contributed by atoms with Crippen LogP contribution in [0.1, 0.15) is 18.1 Å². The Morgan fingerprint density at radius 3 is 2.32 bits per heavy atom. The Kier molecular flexibility index (Phi) is 9.34. The van der Waals surface area contributed by atoms with Gasteiger partial charge in [0.25, 0.3) is 10.0 Å². The van der Waals surface area contributed by atoms with Gasteiger partial charge in [0.2, 0.25) is 11.8 Å². The lowest BCUT2D eigenvalue weighted by atomic mass is 10.1. The van der Waals surface area contributed by atoms with E-state index in [-0.39, 0.29) is 23.0 Å². The molecule has 3 aromatic carbocycles. The molecule has 0 aliphatic heterocycles. The van der Waals surface area contributed by atoms with Gasteiger partial charge in [0.15, 0.2) is 0 Å². The van der Waals surface area contributed by atoms with Gasteiger partial charge in [-0.1, -0.05) is 51.8 Å². The summed E-state index contributed by atoms with van der Waals surface area (Å²) in [6.45, 7) is 3.07. The first-order chi connectivity index (χ1) is 17.6. The van der Waals surface area contributed by atoms with E-state index in [0.29, 0.717) is 5.75 Å². The van der Waals surface area contributed by atoms with E-state index < -0.39 is 28.5 Å². The Bertz CT molecular complexity index is 1360. The van der Waals surface area contributed by atoms with E-state index in [2.05, 4.69) is 21.2 Å². The van der Waals surface area contributed by atoms with Gasteiger partial charge in [-0.2, -0.15) is 0 Å². The summed E-state index contributed by atoms with van der Waals surface area (Å²) in [7, 11) is -1.16. The number of anilines is 1. The lowest BCUT2D eigenvalue weighted by Crippen LogP contribution is -2.50.